The first-order valence-electron chi connectivity index (χ1n) is 15.7. The van der Waals surface area contributed by atoms with E-state index in [-0.39, 0.29) is 18.6 Å². The van der Waals surface area contributed by atoms with Crippen molar-refractivity contribution in [1.82, 2.24) is 0 Å². The highest BCUT2D eigenvalue weighted by Crippen LogP contribution is 2.29. The molecule has 0 aliphatic rings. The molecule has 0 fully saturated rings. The van der Waals surface area contributed by atoms with Gasteiger partial charge in [0.25, 0.3) is 0 Å². The van der Waals surface area contributed by atoms with E-state index in [1.54, 1.807) is 12.1 Å². The molecule has 6 nitrogen and oxygen atoms in total. The molecule has 1 atom stereocenters. The summed E-state index contributed by atoms with van der Waals surface area (Å²) in [5.74, 6) is -2.98. The molecule has 0 bridgehead atoms. The summed E-state index contributed by atoms with van der Waals surface area (Å²) in [7, 11) is 1.43. The Morgan fingerprint density at radius 1 is 0.717 bits per heavy atom. The minimum atomic E-state index is -4.78. The maximum Gasteiger partial charge on any atom is 0.425 e. The second-order valence-corrected chi connectivity index (χ2v) is 11.0. The van der Waals surface area contributed by atoms with Crippen LogP contribution in [0.25, 0.3) is 11.1 Å². The van der Waals surface area contributed by atoms with Crippen LogP contribution in [-0.2, 0) is 9.47 Å². The van der Waals surface area contributed by atoms with Crippen LogP contribution in [0, 0.1) is 5.82 Å². The third kappa shape index (κ3) is 12.1. The van der Waals surface area contributed by atoms with Gasteiger partial charge in [-0.3, -0.25) is 0 Å². The van der Waals surface area contributed by atoms with E-state index in [1.165, 1.54) is 51.3 Å². The predicted octanol–water partition coefficient (Wildman–Crippen LogP) is 9.75. The third-order valence-electron chi connectivity index (χ3n) is 7.37. The zero-order valence-electron chi connectivity index (χ0n) is 26.4. The van der Waals surface area contributed by atoms with Crippen LogP contribution >= 0.6 is 0 Å². The predicted molar refractivity (Wildman–Crippen MR) is 168 cm³/mol. The van der Waals surface area contributed by atoms with Crippen molar-refractivity contribution in [2.24, 2.45) is 0 Å². The van der Waals surface area contributed by atoms with E-state index in [2.05, 4.69) is 11.7 Å². The summed E-state index contributed by atoms with van der Waals surface area (Å²) in [5, 5.41) is 0. The van der Waals surface area contributed by atoms with Crippen LogP contribution in [0.1, 0.15) is 91.8 Å². The van der Waals surface area contributed by atoms with Gasteiger partial charge in [-0.2, -0.15) is 13.2 Å². The quantitative estimate of drug-likeness (QED) is 0.0559. The fourth-order valence-electron chi connectivity index (χ4n) is 4.72. The molecule has 0 heterocycles. The number of halogens is 4. The minimum absolute atomic E-state index is 0.121. The second-order valence-electron chi connectivity index (χ2n) is 11.0. The second kappa shape index (κ2) is 18.9. The molecule has 0 amide bonds. The molecule has 0 unspecified atom stereocenters. The smallest absolute Gasteiger partial charge is 0.425 e. The molecule has 46 heavy (non-hydrogen) atoms. The van der Waals surface area contributed by atoms with Gasteiger partial charge in [0.05, 0.1) is 17.7 Å². The topological polar surface area (TPSA) is 71.1 Å². The van der Waals surface area contributed by atoms with Crippen LogP contribution in [0.15, 0.2) is 66.7 Å². The number of methoxy groups -OCH3 is 1. The first kappa shape index (κ1) is 36.5. The lowest BCUT2D eigenvalue weighted by Gasteiger charge is -2.20. The third-order valence-corrected chi connectivity index (χ3v) is 7.37. The zero-order chi connectivity index (χ0) is 33.4. The maximum atomic E-state index is 14.7. The summed E-state index contributed by atoms with van der Waals surface area (Å²) >= 11 is 0. The molecule has 0 saturated heterocycles. The Bertz CT molecular complexity index is 1360. The SMILES string of the molecule is CCCCCCCCCOc1ccc(-c2ccc(C(=O)Oc3ccc(C(=O)O[C@H](CCCCOC)C(F)(F)F)cc3F)cc2)cc1. The summed E-state index contributed by atoms with van der Waals surface area (Å²) in [6.45, 7) is 3.16. The van der Waals surface area contributed by atoms with Crippen molar-refractivity contribution >= 4 is 11.9 Å². The molecule has 0 aliphatic heterocycles. The standard InChI is InChI=1S/C36H42F4O6/c1-3-4-5-6-7-8-10-24-44-30-20-17-27(18-21-30)26-13-15-28(16-14-26)34(41)45-32-22-19-29(25-31(32)37)35(42)46-33(36(38,39)40)12-9-11-23-43-2/h13-22,25,33H,3-12,23-24H2,1-2H3/t33-/m1/s1. The van der Waals surface area contributed by atoms with Crippen LogP contribution in [0.5, 0.6) is 11.5 Å². The maximum absolute atomic E-state index is 14.7. The number of unbranched alkanes of at least 4 members (excludes halogenated alkanes) is 7. The van der Waals surface area contributed by atoms with E-state index in [4.69, 9.17) is 14.2 Å². The molecule has 3 rings (SSSR count). The van der Waals surface area contributed by atoms with Crippen molar-refractivity contribution in [1.29, 1.82) is 0 Å². The van der Waals surface area contributed by atoms with E-state index < -0.39 is 47.8 Å². The Balaban J connectivity index is 1.51. The molecular formula is C36H42F4O6. The van der Waals surface area contributed by atoms with Crippen molar-refractivity contribution in [3.05, 3.63) is 83.7 Å². The molecule has 0 aliphatic carbocycles. The van der Waals surface area contributed by atoms with Crippen molar-refractivity contribution in [3.8, 4) is 22.6 Å². The number of esters is 2. The highest BCUT2D eigenvalue weighted by atomic mass is 19.4. The summed E-state index contributed by atoms with van der Waals surface area (Å²) in [4.78, 5) is 25.0. The monoisotopic (exact) mass is 646 g/mol. The molecule has 3 aromatic rings. The number of benzene rings is 3. The van der Waals surface area contributed by atoms with Crippen LogP contribution in [0.2, 0.25) is 0 Å². The molecule has 3 aromatic carbocycles. The Morgan fingerprint density at radius 3 is 1.91 bits per heavy atom. The van der Waals surface area contributed by atoms with Gasteiger partial charge in [-0.05, 0) is 79.3 Å². The zero-order valence-corrected chi connectivity index (χ0v) is 26.4. The Kier molecular flexibility index (Phi) is 15.0. The highest BCUT2D eigenvalue weighted by molar-refractivity contribution is 5.92. The van der Waals surface area contributed by atoms with Crippen LogP contribution < -0.4 is 9.47 Å². The number of carbonyl (C=O) groups is 2. The average Bonchev–Trinajstić information content (AvgIpc) is 3.04. The van der Waals surface area contributed by atoms with Gasteiger partial charge in [0.2, 0.25) is 0 Å². The van der Waals surface area contributed by atoms with Gasteiger partial charge >= 0.3 is 18.1 Å². The number of carbonyl (C=O) groups excluding carboxylic acids is 2. The van der Waals surface area contributed by atoms with Gasteiger partial charge in [0.15, 0.2) is 17.7 Å². The van der Waals surface area contributed by atoms with Crippen molar-refractivity contribution in [2.45, 2.75) is 83.4 Å². The van der Waals surface area contributed by atoms with Gasteiger partial charge in [-0.15, -0.1) is 0 Å². The van der Waals surface area contributed by atoms with E-state index >= 15 is 0 Å². The fourth-order valence-corrected chi connectivity index (χ4v) is 4.72. The summed E-state index contributed by atoms with van der Waals surface area (Å²) in [5.41, 5.74) is 1.48. The van der Waals surface area contributed by atoms with Gasteiger partial charge in [-0.1, -0.05) is 69.7 Å². The molecule has 0 aromatic heterocycles. The molecule has 0 radical (unpaired) electrons. The summed E-state index contributed by atoms with van der Waals surface area (Å²) in [6, 6.07) is 16.9. The summed E-state index contributed by atoms with van der Waals surface area (Å²) < 4.78 is 75.2. The molecule has 0 N–H and O–H groups in total. The fraction of sp³-hybridized carbons (Fsp3) is 0.444. The molecule has 250 valence electrons. The number of alkyl halides is 3. The van der Waals surface area contributed by atoms with E-state index in [1.807, 2.05) is 24.3 Å². The van der Waals surface area contributed by atoms with Gasteiger partial charge in [0, 0.05) is 13.7 Å². The largest absolute Gasteiger partial charge is 0.494 e. The Morgan fingerprint density at radius 2 is 1.30 bits per heavy atom. The lowest BCUT2D eigenvalue weighted by Crippen LogP contribution is -2.34. The van der Waals surface area contributed by atoms with E-state index in [0.717, 1.165) is 41.9 Å². The van der Waals surface area contributed by atoms with Crippen LogP contribution in [0.4, 0.5) is 17.6 Å². The van der Waals surface area contributed by atoms with Crippen LogP contribution in [-0.4, -0.2) is 44.5 Å². The normalized spacial score (nSPS) is 12.0. The molecule has 0 saturated carbocycles. The number of ether oxygens (including phenoxy) is 4. The van der Waals surface area contributed by atoms with E-state index in [0.29, 0.717) is 19.1 Å². The summed E-state index contributed by atoms with van der Waals surface area (Å²) in [6.07, 6.45) is 1.43. The lowest BCUT2D eigenvalue weighted by atomic mass is 10.0. The Labute approximate surface area is 268 Å². The van der Waals surface area contributed by atoms with Crippen molar-refractivity contribution in [3.63, 3.8) is 0 Å². The first-order chi connectivity index (χ1) is 22.1. The molecule has 10 heteroatoms. The van der Waals surface area contributed by atoms with Crippen LogP contribution in [0.3, 0.4) is 0 Å². The van der Waals surface area contributed by atoms with Gasteiger partial charge < -0.3 is 18.9 Å². The van der Waals surface area contributed by atoms with Gasteiger partial charge in [-0.25, -0.2) is 14.0 Å². The Hall–Kier alpha value is -3.92. The molecular weight excluding hydrogens is 604 g/mol. The van der Waals surface area contributed by atoms with Gasteiger partial charge in [0.1, 0.15) is 5.75 Å². The first-order valence-corrected chi connectivity index (χ1v) is 15.7. The van der Waals surface area contributed by atoms with Crippen molar-refractivity contribution in [2.75, 3.05) is 20.3 Å². The van der Waals surface area contributed by atoms with E-state index in [9.17, 15) is 27.2 Å². The highest BCUT2D eigenvalue weighted by Gasteiger charge is 2.42. The number of hydrogen-bond donors (Lipinski definition) is 0. The number of rotatable bonds is 19. The lowest BCUT2D eigenvalue weighted by molar-refractivity contribution is -0.206. The molecule has 0 spiro atoms. The van der Waals surface area contributed by atoms with Crippen molar-refractivity contribution < 1.29 is 46.1 Å². The average molecular weight is 647 g/mol. The number of hydrogen-bond acceptors (Lipinski definition) is 6. The minimum Gasteiger partial charge on any atom is -0.494 e.